The molecule has 1 aliphatic heterocycles. The van der Waals surface area contributed by atoms with E-state index in [0.717, 1.165) is 11.6 Å². The maximum Gasteiger partial charge on any atom is 0.442 e. The van der Waals surface area contributed by atoms with Crippen LogP contribution in [0.15, 0.2) is 0 Å². The summed E-state index contributed by atoms with van der Waals surface area (Å²) in [5.41, 5.74) is -4.38. The van der Waals surface area contributed by atoms with E-state index in [2.05, 4.69) is 15.5 Å². The van der Waals surface area contributed by atoms with E-state index in [1.165, 1.54) is 0 Å². The van der Waals surface area contributed by atoms with Gasteiger partial charge in [-0.1, -0.05) is 13.8 Å². The maximum absolute atomic E-state index is 12.1. The molecule has 0 saturated heterocycles. The molecule has 5 nitrogen and oxygen atoms in total. The molecule has 0 aliphatic carbocycles. The molecule has 0 radical (unpaired) electrons. The largest absolute Gasteiger partial charge is 0.442 e. The van der Waals surface area contributed by atoms with Gasteiger partial charge in [0.25, 0.3) is 0 Å². The van der Waals surface area contributed by atoms with Gasteiger partial charge >= 0.3 is 5.51 Å². The molecule has 1 aromatic rings. The summed E-state index contributed by atoms with van der Waals surface area (Å²) >= 11 is -0.318. The summed E-state index contributed by atoms with van der Waals surface area (Å²) in [5, 5.41) is 10.9. The molecule has 1 amide bonds. The predicted molar refractivity (Wildman–Crippen MR) is 72.9 cm³/mol. The molecule has 2 rings (SSSR count). The van der Waals surface area contributed by atoms with Gasteiger partial charge in [-0.3, -0.25) is 4.79 Å². The molecule has 1 atom stereocenters. The third-order valence-corrected chi connectivity index (χ3v) is 3.96. The predicted octanol–water partition coefficient (Wildman–Crippen LogP) is 2.09. The zero-order valence-electron chi connectivity index (χ0n) is 11.8. The molecule has 1 aromatic heterocycles. The van der Waals surface area contributed by atoms with E-state index in [9.17, 15) is 18.0 Å². The van der Waals surface area contributed by atoms with E-state index < -0.39 is 17.2 Å². The van der Waals surface area contributed by atoms with E-state index in [1.807, 2.05) is 18.4 Å². The number of carbonyl (C=O) groups excluding carboxylic acids is 1. The van der Waals surface area contributed by atoms with Crippen molar-refractivity contribution in [1.82, 2.24) is 20.1 Å². The summed E-state index contributed by atoms with van der Waals surface area (Å²) in [6.07, 6.45) is 1.33. The van der Waals surface area contributed by atoms with Crippen LogP contribution in [0.4, 0.5) is 13.2 Å². The second kappa shape index (κ2) is 6.25. The number of hydrogen-bond donors (Lipinski definition) is 1. The monoisotopic (exact) mass is 322 g/mol. The van der Waals surface area contributed by atoms with Gasteiger partial charge in [0.2, 0.25) is 5.91 Å². The van der Waals surface area contributed by atoms with E-state index in [1.54, 1.807) is 0 Å². The summed E-state index contributed by atoms with van der Waals surface area (Å²) in [4.78, 5) is 11.6. The SMILES string of the molecule is CC(C)c1nnc2n1C[C@@H](NC(=O)CSC(F)(F)F)CC2. The van der Waals surface area contributed by atoms with Crippen LogP contribution in [0.3, 0.4) is 0 Å². The van der Waals surface area contributed by atoms with Gasteiger partial charge in [0, 0.05) is 24.9 Å². The number of fused-ring (bicyclic) bond motifs is 1. The highest BCUT2D eigenvalue weighted by Crippen LogP contribution is 2.29. The number of halogens is 3. The molecule has 1 aliphatic rings. The summed E-state index contributed by atoms with van der Waals surface area (Å²) in [6, 6.07) is -0.174. The van der Waals surface area contributed by atoms with Crippen molar-refractivity contribution in [2.45, 2.75) is 50.7 Å². The fraction of sp³-hybridized carbons (Fsp3) is 0.750. The first-order valence-electron chi connectivity index (χ1n) is 6.68. The van der Waals surface area contributed by atoms with Crippen LogP contribution in [0.25, 0.3) is 0 Å². The number of aryl methyl sites for hydroxylation is 1. The number of carbonyl (C=O) groups is 1. The Kier molecular flexibility index (Phi) is 4.80. The van der Waals surface area contributed by atoms with Gasteiger partial charge in [-0.25, -0.2) is 0 Å². The minimum absolute atomic E-state index is 0.174. The van der Waals surface area contributed by atoms with Crippen molar-refractivity contribution in [3.05, 3.63) is 11.6 Å². The third kappa shape index (κ3) is 4.36. The first-order valence-corrected chi connectivity index (χ1v) is 7.67. The Labute approximate surface area is 124 Å². The Bertz CT molecular complexity index is 515. The molecule has 0 aromatic carbocycles. The van der Waals surface area contributed by atoms with Gasteiger partial charge in [-0.15, -0.1) is 10.2 Å². The quantitative estimate of drug-likeness (QED) is 0.922. The highest BCUT2D eigenvalue weighted by atomic mass is 32.2. The molecule has 0 unspecified atom stereocenters. The average Bonchev–Trinajstić information content (AvgIpc) is 2.78. The highest BCUT2D eigenvalue weighted by molar-refractivity contribution is 8.00. The Morgan fingerprint density at radius 1 is 1.48 bits per heavy atom. The van der Waals surface area contributed by atoms with Gasteiger partial charge in [-0.05, 0) is 18.2 Å². The number of rotatable bonds is 4. The van der Waals surface area contributed by atoms with Crippen molar-refractivity contribution >= 4 is 17.7 Å². The minimum Gasteiger partial charge on any atom is -0.351 e. The van der Waals surface area contributed by atoms with Gasteiger partial charge in [0.05, 0.1) is 5.75 Å². The number of hydrogen-bond acceptors (Lipinski definition) is 4. The van der Waals surface area contributed by atoms with Gasteiger partial charge in [0.15, 0.2) is 0 Å². The van der Waals surface area contributed by atoms with Crippen LogP contribution in [0.2, 0.25) is 0 Å². The molecule has 9 heteroatoms. The second-order valence-electron chi connectivity index (χ2n) is 5.28. The van der Waals surface area contributed by atoms with Crippen molar-refractivity contribution in [1.29, 1.82) is 0 Å². The lowest BCUT2D eigenvalue weighted by Gasteiger charge is -2.26. The maximum atomic E-state index is 12.1. The lowest BCUT2D eigenvalue weighted by Crippen LogP contribution is -2.42. The first-order chi connectivity index (χ1) is 9.76. The van der Waals surface area contributed by atoms with Crippen molar-refractivity contribution < 1.29 is 18.0 Å². The molecule has 2 heterocycles. The lowest BCUT2D eigenvalue weighted by atomic mass is 10.1. The number of aromatic nitrogens is 3. The molecule has 0 bridgehead atoms. The zero-order chi connectivity index (χ0) is 15.6. The van der Waals surface area contributed by atoms with E-state index >= 15 is 0 Å². The van der Waals surface area contributed by atoms with Crippen molar-refractivity contribution in [2.75, 3.05) is 5.75 Å². The van der Waals surface area contributed by atoms with E-state index in [4.69, 9.17) is 0 Å². The van der Waals surface area contributed by atoms with Gasteiger partial charge in [-0.2, -0.15) is 13.2 Å². The first kappa shape index (κ1) is 16.1. The van der Waals surface area contributed by atoms with Crippen LogP contribution in [0.5, 0.6) is 0 Å². The summed E-state index contributed by atoms with van der Waals surface area (Å²) in [7, 11) is 0. The van der Waals surface area contributed by atoms with Crippen LogP contribution >= 0.6 is 11.8 Å². The van der Waals surface area contributed by atoms with Gasteiger partial charge in [0.1, 0.15) is 11.6 Å². The van der Waals surface area contributed by atoms with Crippen molar-refractivity contribution in [2.24, 2.45) is 0 Å². The molecule has 1 N–H and O–H groups in total. The van der Waals surface area contributed by atoms with Crippen molar-refractivity contribution in [3.63, 3.8) is 0 Å². The number of nitrogens with zero attached hydrogens (tertiary/aromatic N) is 3. The normalized spacial score (nSPS) is 18.7. The van der Waals surface area contributed by atoms with Crippen LogP contribution in [0, 0.1) is 0 Å². The van der Waals surface area contributed by atoms with Gasteiger partial charge < -0.3 is 9.88 Å². The molecule has 118 valence electrons. The Balaban J connectivity index is 1.92. The Morgan fingerprint density at radius 3 is 2.81 bits per heavy atom. The number of thioether (sulfide) groups is 1. The van der Waals surface area contributed by atoms with Crippen LogP contribution in [0.1, 0.15) is 37.8 Å². The highest BCUT2D eigenvalue weighted by Gasteiger charge is 2.30. The number of nitrogens with one attached hydrogen (secondary N) is 1. The molecule has 21 heavy (non-hydrogen) atoms. The summed E-state index contributed by atoms with van der Waals surface area (Å²) in [5.74, 6) is 0.723. The van der Waals surface area contributed by atoms with Crippen LogP contribution in [-0.4, -0.2) is 38.0 Å². The number of alkyl halides is 3. The van der Waals surface area contributed by atoms with Crippen LogP contribution < -0.4 is 5.32 Å². The summed E-state index contributed by atoms with van der Waals surface area (Å²) < 4.78 is 38.1. The second-order valence-corrected chi connectivity index (χ2v) is 6.32. The smallest absolute Gasteiger partial charge is 0.351 e. The summed E-state index contributed by atoms with van der Waals surface area (Å²) in [6.45, 7) is 4.51. The standard InChI is InChI=1S/C12H17F3N4OS/c1-7(2)11-18-17-9-4-3-8(5-19(9)11)16-10(20)6-21-12(13,14)15/h7-8H,3-6H2,1-2H3,(H,16,20)/t8-/m0/s1. The van der Waals surface area contributed by atoms with Crippen molar-refractivity contribution in [3.8, 4) is 0 Å². The van der Waals surface area contributed by atoms with E-state index in [-0.39, 0.29) is 23.7 Å². The average molecular weight is 322 g/mol. The molecule has 0 fully saturated rings. The molecular weight excluding hydrogens is 305 g/mol. The Hall–Kier alpha value is -1.25. The fourth-order valence-electron chi connectivity index (χ4n) is 2.31. The molecule has 0 saturated carbocycles. The zero-order valence-corrected chi connectivity index (χ0v) is 12.6. The third-order valence-electron chi connectivity index (χ3n) is 3.22. The molecule has 0 spiro atoms. The number of amides is 1. The van der Waals surface area contributed by atoms with Crippen LogP contribution in [-0.2, 0) is 17.8 Å². The lowest BCUT2D eigenvalue weighted by molar-refractivity contribution is -0.119. The Morgan fingerprint density at radius 2 is 2.19 bits per heavy atom. The molecular formula is C12H17F3N4OS. The van der Waals surface area contributed by atoms with E-state index in [0.29, 0.717) is 19.4 Å². The fourth-order valence-corrected chi connectivity index (χ4v) is 2.69. The minimum atomic E-state index is -4.38. The topological polar surface area (TPSA) is 59.8 Å².